The second-order valence-corrected chi connectivity index (χ2v) is 5.35. The predicted molar refractivity (Wildman–Crippen MR) is 77.5 cm³/mol. The van der Waals surface area contributed by atoms with E-state index in [-0.39, 0.29) is 0 Å². The summed E-state index contributed by atoms with van der Waals surface area (Å²) >= 11 is 0. The van der Waals surface area contributed by atoms with E-state index >= 15 is 0 Å². The molecule has 1 fully saturated rings. The van der Waals surface area contributed by atoms with Crippen LogP contribution in [0.25, 0.3) is 0 Å². The zero-order chi connectivity index (χ0) is 13.7. The first kappa shape index (κ1) is 14.3. The number of nitrogens with zero attached hydrogens (tertiary/aromatic N) is 2. The molecule has 4 nitrogen and oxygen atoms in total. The minimum Gasteiger partial charge on any atom is -0.381 e. The quantitative estimate of drug-likeness (QED) is 0.856. The Kier molecular flexibility index (Phi) is 5.14. The standard InChI is InChI=1S/C15H25N3O/c1-4-12(5-2)9-16-15-8-14(17-11(3)18-15)13-6-7-19-10-13/h8,12-13H,4-7,9-10H2,1-3H3,(H,16,17,18)/t13-/m1/s1. The molecular weight excluding hydrogens is 238 g/mol. The fourth-order valence-corrected chi connectivity index (χ4v) is 2.48. The molecule has 1 aliphatic rings. The van der Waals surface area contributed by atoms with Crippen molar-refractivity contribution in [3.05, 3.63) is 17.6 Å². The molecule has 1 aromatic rings. The second kappa shape index (κ2) is 6.85. The average molecular weight is 263 g/mol. The predicted octanol–water partition coefficient (Wildman–Crippen LogP) is 3.14. The zero-order valence-electron chi connectivity index (χ0n) is 12.3. The van der Waals surface area contributed by atoms with Crippen molar-refractivity contribution < 1.29 is 4.74 Å². The van der Waals surface area contributed by atoms with Crippen LogP contribution < -0.4 is 5.32 Å². The third-order valence-electron chi connectivity index (χ3n) is 3.93. The maximum atomic E-state index is 5.44. The summed E-state index contributed by atoms with van der Waals surface area (Å²) < 4.78 is 5.44. The molecule has 2 rings (SSSR count). The third kappa shape index (κ3) is 3.90. The fourth-order valence-electron chi connectivity index (χ4n) is 2.48. The first-order valence-electron chi connectivity index (χ1n) is 7.40. The number of anilines is 1. The van der Waals surface area contributed by atoms with E-state index in [1.165, 1.54) is 12.8 Å². The number of hydrogen-bond donors (Lipinski definition) is 1. The van der Waals surface area contributed by atoms with Crippen molar-refractivity contribution in [2.24, 2.45) is 5.92 Å². The van der Waals surface area contributed by atoms with Crippen molar-refractivity contribution >= 4 is 5.82 Å². The zero-order valence-corrected chi connectivity index (χ0v) is 12.3. The van der Waals surface area contributed by atoms with Gasteiger partial charge in [-0.05, 0) is 19.3 Å². The third-order valence-corrected chi connectivity index (χ3v) is 3.93. The number of rotatable bonds is 6. The second-order valence-electron chi connectivity index (χ2n) is 5.35. The first-order chi connectivity index (χ1) is 9.22. The summed E-state index contributed by atoms with van der Waals surface area (Å²) in [6.07, 6.45) is 3.48. The molecule has 1 aliphatic heterocycles. The van der Waals surface area contributed by atoms with Gasteiger partial charge in [-0.1, -0.05) is 26.7 Å². The van der Waals surface area contributed by atoms with E-state index in [2.05, 4.69) is 35.2 Å². The molecule has 0 aliphatic carbocycles. The molecule has 0 saturated carbocycles. The lowest BCUT2D eigenvalue weighted by atomic mass is 10.0. The van der Waals surface area contributed by atoms with E-state index in [1.807, 2.05) is 6.92 Å². The van der Waals surface area contributed by atoms with Gasteiger partial charge in [0.1, 0.15) is 11.6 Å². The Labute approximate surface area is 116 Å². The van der Waals surface area contributed by atoms with Gasteiger partial charge in [0.25, 0.3) is 0 Å². The van der Waals surface area contributed by atoms with E-state index in [0.29, 0.717) is 11.8 Å². The van der Waals surface area contributed by atoms with Gasteiger partial charge in [-0.3, -0.25) is 0 Å². The number of aryl methyl sites for hydroxylation is 1. The molecule has 19 heavy (non-hydrogen) atoms. The summed E-state index contributed by atoms with van der Waals surface area (Å²) in [6, 6.07) is 2.09. The smallest absolute Gasteiger partial charge is 0.129 e. The molecule has 0 aromatic carbocycles. The molecule has 0 bridgehead atoms. The van der Waals surface area contributed by atoms with E-state index in [1.54, 1.807) is 0 Å². The maximum Gasteiger partial charge on any atom is 0.129 e. The molecule has 0 unspecified atom stereocenters. The van der Waals surface area contributed by atoms with E-state index in [0.717, 1.165) is 43.5 Å². The largest absolute Gasteiger partial charge is 0.381 e. The van der Waals surface area contributed by atoms with Crippen LogP contribution >= 0.6 is 0 Å². The molecule has 1 N–H and O–H groups in total. The molecule has 1 saturated heterocycles. The Morgan fingerprint density at radius 2 is 2.16 bits per heavy atom. The van der Waals surface area contributed by atoms with Crippen molar-refractivity contribution in [3.8, 4) is 0 Å². The highest BCUT2D eigenvalue weighted by molar-refractivity contribution is 5.37. The van der Waals surface area contributed by atoms with Crippen LogP contribution in [0, 0.1) is 12.8 Å². The first-order valence-corrected chi connectivity index (χ1v) is 7.40. The summed E-state index contributed by atoms with van der Waals surface area (Å²) in [5.41, 5.74) is 1.12. The summed E-state index contributed by atoms with van der Waals surface area (Å²) in [6.45, 7) is 9.07. The van der Waals surface area contributed by atoms with Gasteiger partial charge >= 0.3 is 0 Å². The van der Waals surface area contributed by atoms with Crippen LogP contribution in [0.2, 0.25) is 0 Å². The maximum absolute atomic E-state index is 5.44. The lowest BCUT2D eigenvalue weighted by Crippen LogP contribution is -2.15. The van der Waals surface area contributed by atoms with Crippen LogP contribution in [0.5, 0.6) is 0 Å². The van der Waals surface area contributed by atoms with Crippen LogP contribution in [0.15, 0.2) is 6.07 Å². The molecule has 1 aromatic heterocycles. The number of aromatic nitrogens is 2. The van der Waals surface area contributed by atoms with Crippen molar-refractivity contribution in [1.29, 1.82) is 0 Å². The SMILES string of the molecule is CCC(CC)CNc1cc([C@@H]2CCOC2)nc(C)n1. The monoisotopic (exact) mass is 263 g/mol. The number of nitrogens with one attached hydrogen (secondary N) is 1. The van der Waals surface area contributed by atoms with Crippen LogP contribution in [0.3, 0.4) is 0 Å². The molecule has 2 heterocycles. The Morgan fingerprint density at radius 1 is 1.37 bits per heavy atom. The van der Waals surface area contributed by atoms with E-state index in [4.69, 9.17) is 4.74 Å². The van der Waals surface area contributed by atoms with Crippen LogP contribution in [-0.4, -0.2) is 29.7 Å². The highest BCUT2D eigenvalue weighted by atomic mass is 16.5. The normalized spacial score (nSPS) is 19.1. The Morgan fingerprint density at radius 3 is 2.79 bits per heavy atom. The molecule has 1 atom stereocenters. The van der Waals surface area contributed by atoms with Gasteiger partial charge in [-0.2, -0.15) is 0 Å². The van der Waals surface area contributed by atoms with Gasteiger partial charge in [0.15, 0.2) is 0 Å². The van der Waals surface area contributed by atoms with Crippen molar-refractivity contribution in [2.45, 2.75) is 46.0 Å². The molecule has 0 amide bonds. The van der Waals surface area contributed by atoms with Crippen LogP contribution in [0.4, 0.5) is 5.82 Å². The summed E-state index contributed by atoms with van der Waals surface area (Å²) in [5.74, 6) is 2.96. The lowest BCUT2D eigenvalue weighted by molar-refractivity contribution is 0.193. The molecule has 4 heteroatoms. The van der Waals surface area contributed by atoms with Gasteiger partial charge in [0, 0.05) is 25.1 Å². The van der Waals surface area contributed by atoms with E-state index in [9.17, 15) is 0 Å². The summed E-state index contributed by atoms with van der Waals surface area (Å²) in [5, 5.41) is 3.46. The van der Waals surface area contributed by atoms with Crippen LogP contribution in [-0.2, 0) is 4.74 Å². The summed E-state index contributed by atoms with van der Waals surface area (Å²) in [4.78, 5) is 9.03. The molecule has 0 spiro atoms. The van der Waals surface area contributed by atoms with Gasteiger partial charge < -0.3 is 10.1 Å². The highest BCUT2D eigenvalue weighted by Gasteiger charge is 2.20. The summed E-state index contributed by atoms with van der Waals surface area (Å²) in [7, 11) is 0. The van der Waals surface area contributed by atoms with Gasteiger partial charge in [-0.15, -0.1) is 0 Å². The van der Waals surface area contributed by atoms with Crippen molar-refractivity contribution in [2.75, 3.05) is 25.1 Å². The van der Waals surface area contributed by atoms with Gasteiger partial charge in [0.05, 0.1) is 12.3 Å². The molecular formula is C15H25N3O. The van der Waals surface area contributed by atoms with Gasteiger partial charge in [-0.25, -0.2) is 9.97 Å². The number of hydrogen-bond acceptors (Lipinski definition) is 4. The minimum absolute atomic E-state index is 0.440. The Hall–Kier alpha value is -1.16. The number of ether oxygens (including phenoxy) is 1. The Bertz CT molecular complexity index is 398. The van der Waals surface area contributed by atoms with E-state index < -0.39 is 0 Å². The highest BCUT2D eigenvalue weighted by Crippen LogP contribution is 2.25. The topological polar surface area (TPSA) is 47.0 Å². The van der Waals surface area contributed by atoms with Crippen LogP contribution in [0.1, 0.15) is 50.5 Å². The fraction of sp³-hybridized carbons (Fsp3) is 0.733. The van der Waals surface area contributed by atoms with Gasteiger partial charge in [0.2, 0.25) is 0 Å². The minimum atomic E-state index is 0.440. The molecule has 106 valence electrons. The van der Waals surface area contributed by atoms with Crippen molar-refractivity contribution in [3.63, 3.8) is 0 Å². The molecule has 0 radical (unpaired) electrons. The average Bonchev–Trinajstić information content (AvgIpc) is 2.93. The lowest BCUT2D eigenvalue weighted by Gasteiger charge is -2.15. The van der Waals surface area contributed by atoms with Crippen molar-refractivity contribution in [1.82, 2.24) is 9.97 Å². The Balaban J connectivity index is 2.03.